The van der Waals surface area contributed by atoms with Crippen molar-refractivity contribution in [1.82, 2.24) is 14.8 Å². The second-order valence-electron chi connectivity index (χ2n) is 5.52. The first-order valence-corrected chi connectivity index (χ1v) is 9.06. The molecular formula is C19H17ClFN3S. The molecule has 3 nitrogen and oxygen atoms in total. The van der Waals surface area contributed by atoms with Gasteiger partial charge in [-0.05, 0) is 48.9 Å². The maximum atomic E-state index is 13.1. The summed E-state index contributed by atoms with van der Waals surface area (Å²) in [7, 11) is 0. The van der Waals surface area contributed by atoms with Crippen LogP contribution in [0.15, 0.2) is 66.3 Å². The summed E-state index contributed by atoms with van der Waals surface area (Å²) >= 11 is 7.54. The Morgan fingerprint density at radius 1 is 1.16 bits per heavy atom. The normalized spacial score (nSPS) is 12.1. The maximum absolute atomic E-state index is 13.1. The predicted octanol–water partition coefficient (Wildman–Crippen LogP) is 5.78. The molecule has 0 fully saturated rings. The molecule has 0 aliphatic carbocycles. The number of thioether (sulfide) groups is 1. The lowest BCUT2D eigenvalue weighted by Gasteiger charge is -2.13. The first kappa shape index (κ1) is 17.7. The van der Waals surface area contributed by atoms with Crippen LogP contribution in [0, 0.1) is 5.82 Å². The van der Waals surface area contributed by atoms with Gasteiger partial charge in [0.2, 0.25) is 0 Å². The smallest absolute Gasteiger partial charge is 0.192 e. The van der Waals surface area contributed by atoms with Gasteiger partial charge >= 0.3 is 0 Å². The van der Waals surface area contributed by atoms with Crippen LogP contribution >= 0.6 is 23.4 Å². The van der Waals surface area contributed by atoms with Gasteiger partial charge < -0.3 is 0 Å². The average molecular weight is 374 g/mol. The zero-order chi connectivity index (χ0) is 17.8. The van der Waals surface area contributed by atoms with Crippen molar-refractivity contribution < 1.29 is 4.39 Å². The van der Waals surface area contributed by atoms with Crippen molar-refractivity contribution in [3.05, 3.63) is 77.6 Å². The Morgan fingerprint density at radius 3 is 2.48 bits per heavy atom. The molecule has 1 aromatic heterocycles. The average Bonchev–Trinajstić information content (AvgIpc) is 2.99. The topological polar surface area (TPSA) is 30.7 Å². The summed E-state index contributed by atoms with van der Waals surface area (Å²) in [5.41, 5.74) is 1.98. The first-order valence-electron chi connectivity index (χ1n) is 7.80. The third-order valence-corrected chi connectivity index (χ3v) is 5.14. The summed E-state index contributed by atoms with van der Waals surface area (Å²) in [6.45, 7) is 6.49. The molecule has 3 aromatic rings. The van der Waals surface area contributed by atoms with E-state index in [1.807, 2.05) is 34.9 Å². The van der Waals surface area contributed by atoms with Gasteiger partial charge in [-0.25, -0.2) is 4.39 Å². The number of halogens is 2. The van der Waals surface area contributed by atoms with Crippen LogP contribution in [0.1, 0.15) is 17.7 Å². The van der Waals surface area contributed by atoms with Gasteiger partial charge in [-0.2, -0.15) is 0 Å². The number of benzene rings is 2. The number of rotatable bonds is 6. The molecule has 0 unspecified atom stereocenters. The molecule has 6 heteroatoms. The van der Waals surface area contributed by atoms with E-state index >= 15 is 0 Å². The van der Waals surface area contributed by atoms with Crippen LogP contribution in [0.4, 0.5) is 4.39 Å². The minimum atomic E-state index is -0.235. The first-order chi connectivity index (χ1) is 12.1. The molecule has 25 heavy (non-hydrogen) atoms. The summed E-state index contributed by atoms with van der Waals surface area (Å²) in [5.74, 6) is 0.533. The fourth-order valence-electron chi connectivity index (χ4n) is 2.44. The number of nitrogens with zero attached hydrogens (tertiary/aromatic N) is 3. The SMILES string of the molecule is C=CCn1c(S[C@@H](C)c2ccc(F)cc2)nnc1-c1ccc(Cl)cc1. The van der Waals surface area contributed by atoms with Crippen LogP contribution in [0.3, 0.4) is 0 Å². The molecule has 0 spiro atoms. The second kappa shape index (κ2) is 7.85. The van der Waals surface area contributed by atoms with Crippen molar-refractivity contribution in [2.75, 3.05) is 0 Å². The van der Waals surface area contributed by atoms with E-state index in [2.05, 4.69) is 23.7 Å². The highest BCUT2D eigenvalue weighted by atomic mass is 35.5. The van der Waals surface area contributed by atoms with Crippen LogP contribution in [-0.4, -0.2) is 14.8 Å². The van der Waals surface area contributed by atoms with Gasteiger partial charge in [0.25, 0.3) is 0 Å². The van der Waals surface area contributed by atoms with Crippen molar-refractivity contribution in [3.63, 3.8) is 0 Å². The summed E-state index contributed by atoms with van der Waals surface area (Å²) in [5, 5.41) is 10.3. The molecule has 0 aliphatic heterocycles. The number of hydrogen-bond donors (Lipinski definition) is 0. The van der Waals surface area contributed by atoms with Crippen LogP contribution in [0.5, 0.6) is 0 Å². The quantitative estimate of drug-likeness (QED) is 0.405. The molecule has 0 N–H and O–H groups in total. The molecule has 0 radical (unpaired) electrons. The summed E-state index contributed by atoms with van der Waals surface area (Å²) in [6.07, 6.45) is 1.81. The Balaban J connectivity index is 1.89. The van der Waals surface area contributed by atoms with Gasteiger partial charge in [0.15, 0.2) is 11.0 Å². The zero-order valence-corrected chi connectivity index (χ0v) is 15.3. The highest BCUT2D eigenvalue weighted by molar-refractivity contribution is 7.99. The van der Waals surface area contributed by atoms with Crippen molar-refractivity contribution >= 4 is 23.4 Å². The number of allylic oxidation sites excluding steroid dienone is 1. The molecular weight excluding hydrogens is 357 g/mol. The number of aromatic nitrogens is 3. The lowest BCUT2D eigenvalue weighted by atomic mass is 10.2. The molecule has 3 rings (SSSR count). The molecule has 0 saturated carbocycles. The molecule has 0 bridgehead atoms. The Bertz CT molecular complexity index is 859. The Hall–Kier alpha value is -2.11. The fraction of sp³-hybridized carbons (Fsp3) is 0.158. The van der Waals surface area contributed by atoms with Crippen LogP contribution in [0.25, 0.3) is 11.4 Å². The van der Waals surface area contributed by atoms with Crippen molar-refractivity contribution in [2.24, 2.45) is 0 Å². The van der Waals surface area contributed by atoms with Gasteiger partial charge in [0, 0.05) is 22.4 Å². The summed E-state index contributed by atoms with van der Waals surface area (Å²) in [6, 6.07) is 14.0. The summed E-state index contributed by atoms with van der Waals surface area (Å²) < 4.78 is 15.1. The predicted molar refractivity (Wildman–Crippen MR) is 101 cm³/mol. The lowest BCUT2D eigenvalue weighted by Crippen LogP contribution is -2.01. The third-order valence-electron chi connectivity index (χ3n) is 3.75. The van der Waals surface area contributed by atoms with Crippen LogP contribution in [-0.2, 0) is 6.54 Å². The lowest BCUT2D eigenvalue weighted by molar-refractivity contribution is 0.627. The Morgan fingerprint density at radius 2 is 1.84 bits per heavy atom. The molecule has 1 heterocycles. The standard InChI is InChI=1S/C19H17ClFN3S/c1-3-12-24-18(15-4-8-16(20)9-5-15)22-23-19(24)25-13(2)14-6-10-17(21)11-7-14/h3-11,13H,1,12H2,2H3/t13-/m0/s1. The van der Waals surface area contributed by atoms with Gasteiger partial charge in [-0.3, -0.25) is 4.57 Å². The molecule has 0 saturated heterocycles. The molecule has 1 atom stereocenters. The van der Waals surface area contributed by atoms with E-state index in [4.69, 9.17) is 11.6 Å². The molecule has 2 aromatic carbocycles. The minimum absolute atomic E-state index is 0.117. The van der Waals surface area contributed by atoms with E-state index in [1.165, 1.54) is 12.1 Å². The molecule has 0 aliphatic rings. The van der Waals surface area contributed by atoms with Crippen LogP contribution < -0.4 is 0 Å². The zero-order valence-electron chi connectivity index (χ0n) is 13.7. The van der Waals surface area contributed by atoms with E-state index in [1.54, 1.807) is 23.9 Å². The molecule has 0 amide bonds. The van der Waals surface area contributed by atoms with Gasteiger partial charge in [-0.15, -0.1) is 16.8 Å². The largest absolute Gasteiger partial charge is 0.298 e. The van der Waals surface area contributed by atoms with E-state index in [-0.39, 0.29) is 11.1 Å². The van der Waals surface area contributed by atoms with Crippen molar-refractivity contribution in [2.45, 2.75) is 23.9 Å². The van der Waals surface area contributed by atoms with E-state index in [0.29, 0.717) is 11.6 Å². The fourth-order valence-corrected chi connectivity index (χ4v) is 3.55. The van der Waals surface area contributed by atoms with Gasteiger partial charge in [0.1, 0.15) is 5.82 Å². The second-order valence-corrected chi connectivity index (χ2v) is 7.27. The van der Waals surface area contributed by atoms with E-state index < -0.39 is 0 Å². The van der Waals surface area contributed by atoms with E-state index in [0.717, 1.165) is 22.1 Å². The maximum Gasteiger partial charge on any atom is 0.192 e. The Labute approximate surface area is 155 Å². The minimum Gasteiger partial charge on any atom is -0.298 e. The number of hydrogen-bond acceptors (Lipinski definition) is 3. The van der Waals surface area contributed by atoms with Gasteiger partial charge in [0.05, 0.1) is 0 Å². The van der Waals surface area contributed by atoms with Gasteiger partial charge in [-0.1, -0.05) is 41.6 Å². The Kier molecular flexibility index (Phi) is 5.56. The third kappa shape index (κ3) is 4.11. The summed E-state index contributed by atoms with van der Waals surface area (Å²) in [4.78, 5) is 0. The van der Waals surface area contributed by atoms with Crippen molar-refractivity contribution in [3.8, 4) is 11.4 Å². The highest BCUT2D eigenvalue weighted by Gasteiger charge is 2.17. The van der Waals surface area contributed by atoms with E-state index in [9.17, 15) is 4.39 Å². The molecule has 128 valence electrons. The van der Waals surface area contributed by atoms with Crippen LogP contribution in [0.2, 0.25) is 5.02 Å². The monoisotopic (exact) mass is 373 g/mol. The van der Waals surface area contributed by atoms with Crippen molar-refractivity contribution in [1.29, 1.82) is 0 Å². The highest BCUT2D eigenvalue weighted by Crippen LogP contribution is 2.35.